The lowest BCUT2D eigenvalue weighted by Gasteiger charge is -2.22. The van der Waals surface area contributed by atoms with Gasteiger partial charge in [-0.2, -0.15) is 0 Å². The molecule has 0 aromatic heterocycles. The highest BCUT2D eigenvalue weighted by atomic mass is 16.3. The maximum atomic E-state index is 9.06. The minimum Gasteiger partial charge on any atom is -0.396 e. The van der Waals surface area contributed by atoms with Gasteiger partial charge in [0.05, 0.1) is 0 Å². The number of hydrogen-bond donors (Lipinski definition) is 1. The summed E-state index contributed by atoms with van der Waals surface area (Å²) in [4.78, 5) is 2.43. The van der Waals surface area contributed by atoms with Gasteiger partial charge in [-0.25, -0.2) is 0 Å². The lowest BCUT2D eigenvalue weighted by atomic mass is 9.84. The predicted molar refractivity (Wildman–Crippen MR) is 49.0 cm³/mol. The highest BCUT2D eigenvalue weighted by molar-refractivity contribution is 4.95. The van der Waals surface area contributed by atoms with Gasteiger partial charge in [-0.3, -0.25) is 0 Å². The summed E-state index contributed by atoms with van der Waals surface area (Å²) in [6, 6.07) is 0. The van der Waals surface area contributed by atoms with Crippen LogP contribution in [0.3, 0.4) is 0 Å². The minimum atomic E-state index is 0.408. The molecule has 1 heterocycles. The molecule has 0 aromatic rings. The van der Waals surface area contributed by atoms with E-state index in [-0.39, 0.29) is 0 Å². The average molecular weight is 169 g/mol. The molecule has 0 amide bonds. The Morgan fingerprint density at radius 1 is 1.50 bits per heavy atom. The van der Waals surface area contributed by atoms with Crippen LogP contribution < -0.4 is 0 Å². The van der Waals surface area contributed by atoms with Crippen molar-refractivity contribution in [3.8, 4) is 0 Å². The smallest absolute Gasteiger partial charge is 0.0459 e. The maximum Gasteiger partial charge on any atom is 0.0459 e. The van der Waals surface area contributed by atoms with Gasteiger partial charge in [-0.05, 0) is 50.6 Å². The molecule has 2 atom stereocenters. The monoisotopic (exact) mass is 169 g/mol. The van der Waals surface area contributed by atoms with Gasteiger partial charge in [0.1, 0.15) is 0 Å². The second kappa shape index (κ2) is 3.00. The van der Waals surface area contributed by atoms with E-state index in [9.17, 15) is 0 Å². The van der Waals surface area contributed by atoms with Crippen molar-refractivity contribution >= 4 is 0 Å². The number of aliphatic hydroxyl groups is 1. The fraction of sp³-hybridized carbons (Fsp3) is 1.00. The molecule has 0 bridgehead atoms. The van der Waals surface area contributed by atoms with Gasteiger partial charge >= 0.3 is 0 Å². The van der Waals surface area contributed by atoms with E-state index in [1.54, 1.807) is 0 Å². The summed E-state index contributed by atoms with van der Waals surface area (Å²) < 4.78 is 0. The highest BCUT2D eigenvalue weighted by Gasteiger charge is 2.42. The van der Waals surface area contributed by atoms with Crippen molar-refractivity contribution in [1.29, 1.82) is 0 Å². The second-order valence-electron chi connectivity index (χ2n) is 4.78. The zero-order chi connectivity index (χ0) is 8.60. The summed E-state index contributed by atoms with van der Waals surface area (Å²) >= 11 is 0. The number of aliphatic hydroxyl groups excluding tert-OH is 1. The van der Waals surface area contributed by atoms with Crippen LogP contribution >= 0.6 is 0 Å². The second-order valence-corrected chi connectivity index (χ2v) is 4.78. The third kappa shape index (κ3) is 1.38. The van der Waals surface area contributed by atoms with Gasteiger partial charge in [-0.15, -0.1) is 0 Å². The molecule has 1 N–H and O–H groups in total. The largest absolute Gasteiger partial charge is 0.396 e. The van der Waals surface area contributed by atoms with Crippen LogP contribution in [0.25, 0.3) is 0 Å². The fourth-order valence-electron chi connectivity index (χ4n) is 3.01. The summed E-state index contributed by atoms with van der Waals surface area (Å²) in [7, 11) is 2.21. The highest BCUT2D eigenvalue weighted by Crippen LogP contribution is 2.47. The van der Waals surface area contributed by atoms with Gasteiger partial charge in [0.15, 0.2) is 0 Å². The Labute approximate surface area is 74.6 Å². The van der Waals surface area contributed by atoms with Crippen LogP contribution in [-0.2, 0) is 0 Å². The van der Waals surface area contributed by atoms with Gasteiger partial charge in [-0.1, -0.05) is 0 Å². The fourth-order valence-corrected chi connectivity index (χ4v) is 3.01. The average Bonchev–Trinajstić information content (AvgIpc) is 2.61. The van der Waals surface area contributed by atoms with Crippen LogP contribution in [0, 0.1) is 11.3 Å². The van der Waals surface area contributed by atoms with E-state index in [0.717, 1.165) is 0 Å². The molecule has 1 aliphatic heterocycles. The summed E-state index contributed by atoms with van der Waals surface area (Å²) in [5.41, 5.74) is 0.599. The zero-order valence-corrected chi connectivity index (χ0v) is 7.92. The lowest BCUT2D eigenvalue weighted by molar-refractivity contribution is 0.208. The topological polar surface area (TPSA) is 23.5 Å². The molecule has 70 valence electrons. The first-order valence-electron chi connectivity index (χ1n) is 5.03. The number of likely N-dealkylation sites (tertiary alicyclic amines) is 1. The van der Waals surface area contributed by atoms with Crippen molar-refractivity contribution in [2.45, 2.75) is 25.7 Å². The Kier molecular flexibility index (Phi) is 2.13. The minimum absolute atomic E-state index is 0.408. The molecule has 0 radical (unpaired) electrons. The molecular formula is C10H19NO. The summed E-state index contributed by atoms with van der Waals surface area (Å²) in [5, 5.41) is 9.06. The van der Waals surface area contributed by atoms with Gasteiger partial charge in [0.2, 0.25) is 0 Å². The summed E-state index contributed by atoms with van der Waals surface area (Å²) in [5.74, 6) is 0.608. The normalized spacial score (nSPS) is 43.0. The maximum absolute atomic E-state index is 9.06. The Balaban J connectivity index is 1.97. The van der Waals surface area contributed by atoms with Crippen molar-refractivity contribution in [2.24, 2.45) is 11.3 Å². The zero-order valence-electron chi connectivity index (χ0n) is 7.92. The third-order valence-electron chi connectivity index (χ3n) is 3.69. The number of hydrogen-bond acceptors (Lipinski definition) is 2. The van der Waals surface area contributed by atoms with Crippen LogP contribution in [0.1, 0.15) is 25.7 Å². The van der Waals surface area contributed by atoms with Gasteiger partial charge in [0, 0.05) is 13.2 Å². The predicted octanol–water partition coefficient (Wildman–Crippen LogP) is 1.10. The first-order valence-corrected chi connectivity index (χ1v) is 5.03. The molecule has 2 fully saturated rings. The SMILES string of the molecule is CN1CC[C@@]2(CC[C@H](CO)C2)C1. The van der Waals surface area contributed by atoms with Crippen molar-refractivity contribution in [3.63, 3.8) is 0 Å². The number of rotatable bonds is 1. The Bertz CT molecular complexity index is 171. The van der Waals surface area contributed by atoms with Crippen LogP contribution in [0.4, 0.5) is 0 Å². The molecule has 2 rings (SSSR count). The molecule has 2 heteroatoms. The standard InChI is InChI=1S/C10H19NO/c1-11-5-4-10(8-11)3-2-9(6-10)7-12/h9,12H,2-8H2,1H3/t9-,10+/m0/s1. The van der Waals surface area contributed by atoms with E-state index in [4.69, 9.17) is 5.11 Å². The van der Waals surface area contributed by atoms with E-state index >= 15 is 0 Å². The summed E-state index contributed by atoms with van der Waals surface area (Å²) in [6.07, 6.45) is 5.24. The summed E-state index contributed by atoms with van der Waals surface area (Å²) in [6.45, 7) is 2.94. The molecule has 2 nitrogen and oxygen atoms in total. The van der Waals surface area contributed by atoms with Crippen LogP contribution in [0.2, 0.25) is 0 Å². The molecule has 0 aromatic carbocycles. The van der Waals surface area contributed by atoms with Crippen LogP contribution in [0.15, 0.2) is 0 Å². The molecule has 1 spiro atoms. The van der Waals surface area contributed by atoms with E-state index in [0.29, 0.717) is 17.9 Å². The van der Waals surface area contributed by atoms with E-state index in [2.05, 4.69) is 11.9 Å². The molecule has 2 aliphatic rings. The molecule has 12 heavy (non-hydrogen) atoms. The first-order chi connectivity index (χ1) is 5.74. The quantitative estimate of drug-likeness (QED) is 0.635. The molecule has 1 saturated heterocycles. The van der Waals surface area contributed by atoms with Crippen molar-refractivity contribution in [2.75, 3.05) is 26.7 Å². The van der Waals surface area contributed by atoms with E-state index < -0.39 is 0 Å². The molecule has 1 saturated carbocycles. The first kappa shape index (κ1) is 8.52. The van der Waals surface area contributed by atoms with Gasteiger partial charge in [0.25, 0.3) is 0 Å². The van der Waals surface area contributed by atoms with E-state index in [1.807, 2.05) is 0 Å². The Hall–Kier alpha value is -0.0800. The van der Waals surface area contributed by atoms with Crippen molar-refractivity contribution in [3.05, 3.63) is 0 Å². The third-order valence-corrected chi connectivity index (χ3v) is 3.69. The van der Waals surface area contributed by atoms with Crippen LogP contribution in [-0.4, -0.2) is 36.8 Å². The Morgan fingerprint density at radius 2 is 2.33 bits per heavy atom. The van der Waals surface area contributed by atoms with Crippen LogP contribution in [0.5, 0.6) is 0 Å². The van der Waals surface area contributed by atoms with Crippen molar-refractivity contribution < 1.29 is 5.11 Å². The van der Waals surface area contributed by atoms with E-state index in [1.165, 1.54) is 38.8 Å². The molecule has 0 unspecified atom stereocenters. The lowest BCUT2D eigenvalue weighted by Crippen LogP contribution is -2.22. The molecule has 1 aliphatic carbocycles. The Morgan fingerprint density at radius 3 is 2.83 bits per heavy atom. The van der Waals surface area contributed by atoms with Gasteiger partial charge < -0.3 is 10.0 Å². The molecular weight excluding hydrogens is 150 g/mol. The number of nitrogens with zero attached hydrogens (tertiary/aromatic N) is 1. The van der Waals surface area contributed by atoms with Crippen molar-refractivity contribution in [1.82, 2.24) is 4.90 Å².